The number of fused-ring (bicyclic) bond motifs is 2. The molecule has 0 N–H and O–H groups in total. The van der Waals surface area contributed by atoms with E-state index in [0.29, 0.717) is 0 Å². The normalized spacial score (nSPS) is 17.4. The fourth-order valence-electron chi connectivity index (χ4n) is 3.79. The lowest BCUT2D eigenvalue weighted by Crippen LogP contribution is -2.10. The van der Waals surface area contributed by atoms with Crippen molar-refractivity contribution in [3.63, 3.8) is 0 Å². The largest absolute Gasteiger partial charge is 0.219 e. The fourth-order valence-corrected chi connectivity index (χ4v) is 5.24. The Morgan fingerprint density at radius 1 is 0.650 bits per heavy atom. The van der Waals surface area contributed by atoms with E-state index in [1.165, 1.54) is 56.9 Å². The monoisotopic (exact) mass is 281 g/mol. The van der Waals surface area contributed by atoms with Crippen molar-refractivity contribution in [2.75, 3.05) is 0 Å². The molecule has 0 bridgehead atoms. The van der Waals surface area contributed by atoms with E-state index in [2.05, 4.69) is 41.7 Å². The van der Waals surface area contributed by atoms with Crippen molar-refractivity contribution in [2.45, 2.75) is 51.4 Å². The van der Waals surface area contributed by atoms with E-state index in [9.17, 15) is 0 Å². The highest BCUT2D eigenvalue weighted by Crippen LogP contribution is 2.42. The Morgan fingerprint density at radius 2 is 1.20 bits per heavy atom. The van der Waals surface area contributed by atoms with Crippen LogP contribution < -0.4 is 0 Å². The number of rotatable bonds is 1. The summed E-state index contributed by atoms with van der Waals surface area (Å²) in [6.45, 7) is 0. The average molecular weight is 281 g/mol. The van der Waals surface area contributed by atoms with Crippen LogP contribution in [0.25, 0.3) is 11.1 Å². The van der Waals surface area contributed by atoms with Crippen molar-refractivity contribution in [3.05, 3.63) is 51.2 Å². The Bertz CT molecular complexity index is 594. The van der Waals surface area contributed by atoms with Gasteiger partial charge in [0.15, 0.2) is 0 Å². The number of aryl methyl sites for hydroxylation is 2. The van der Waals surface area contributed by atoms with Crippen LogP contribution in [0, 0.1) is 0 Å². The van der Waals surface area contributed by atoms with Gasteiger partial charge in [0.05, 0.1) is 0 Å². The minimum absolute atomic E-state index is 1.29. The maximum Gasteiger partial charge on any atom is 0.219 e. The third kappa shape index (κ3) is 2.09. The Balaban J connectivity index is 1.98. The maximum atomic E-state index is 2.31. The predicted molar refractivity (Wildman–Crippen MR) is 87.4 cm³/mol. The molecule has 0 spiro atoms. The summed E-state index contributed by atoms with van der Waals surface area (Å²) in [7, 11) is 0. The van der Waals surface area contributed by atoms with Crippen molar-refractivity contribution in [2.24, 2.45) is 0 Å². The van der Waals surface area contributed by atoms with Crippen LogP contribution in [0.1, 0.15) is 46.6 Å². The highest BCUT2D eigenvalue weighted by Gasteiger charge is 2.31. The van der Waals surface area contributed by atoms with E-state index < -0.39 is 0 Å². The van der Waals surface area contributed by atoms with E-state index in [-0.39, 0.29) is 0 Å². The molecule has 2 aliphatic rings. The van der Waals surface area contributed by atoms with Crippen LogP contribution in [0.3, 0.4) is 0 Å². The van der Waals surface area contributed by atoms with Crippen molar-refractivity contribution >= 4 is 11.3 Å². The molecule has 0 aliphatic heterocycles. The van der Waals surface area contributed by atoms with Gasteiger partial charge in [-0.05, 0) is 49.7 Å². The van der Waals surface area contributed by atoms with Gasteiger partial charge in [-0.25, -0.2) is 0 Å². The first-order valence-electron chi connectivity index (χ1n) is 7.98. The Hall–Kier alpha value is -1.21. The first-order chi connectivity index (χ1) is 9.93. The molecular formula is C19H21S+. The highest BCUT2D eigenvalue weighted by molar-refractivity contribution is 7.12. The molecule has 0 unspecified atom stereocenters. The van der Waals surface area contributed by atoms with Gasteiger partial charge in [0.25, 0.3) is 0 Å². The molecule has 0 radical (unpaired) electrons. The van der Waals surface area contributed by atoms with Crippen LogP contribution in [0.4, 0.5) is 0 Å². The lowest BCUT2D eigenvalue weighted by atomic mass is 9.85. The molecule has 1 aromatic heterocycles. The van der Waals surface area contributed by atoms with Gasteiger partial charge in [-0.3, -0.25) is 0 Å². The lowest BCUT2D eigenvalue weighted by molar-refractivity contribution is 0.678. The maximum absolute atomic E-state index is 2.31. The van der Waals surface area contributed by atoms with Crippen LogP contribution in [-0.4, -0.2) is 0 Å². The summed E-state index contributed by atoms with van der Waals surface area (Å²) < 4.78 is 0. The minimum Gasteiger partial charge on any atom is -0.0622 e. The summed E-state index contributed by atoms with van der Waals surface area (Å²) in [6.07, 6.45) is 10.7. The van der Waals surface area contributed by atoms with Gasteiger partial charge in [0.2, 0.25) is 21.1 Å². The zero-order chi connectivity index (χ0) is 13.4. The summed E-state index contributed by atoms with van der Waals surface area (Å²) in [5.74, 6) is 0. The third-order valence-electron chi connectivity index (χ3n) is 4.75. The van der Waals surface area contributed by atoms with Gasteiger partial charge >= 0.3 is 0 Å². The molecule has 0 fully saturated rings. The second-order valence-electron chi connectivity index (χ2n) is 6.06. The quantitative estimate of drug-likeness (QED) is 0.609. The molecule has 20 heavy (non-hydrogen) atoms. The SMILES string of the molecule is c1ccc(-c2c3c([s+]c4c2CCCC4)CCCC3)cc1. The van der Waals surface area contributed by atoms with Crippen LogP contribution in [-0.2, 0) is 25.7 Å². The summed E-state index contributed by atoms with van der Waals surface area (Å²) >= 11 is 2.14. The fraction of sp³-hybridized carbons (Fsp3) is 0.421. The number of hydrogen-bond donors (Lipinski definition) is 0. The van der Waals surface area contributed by atoms with Gasteiger partial charge in [0, 0.05) is 24.0 Å². The molecule has 1 aromatic carbocycles. The predicted octanol–water partition coefficient (Wildman–Crippen LogP) is 5.45. The first kappa shape index (κ1) is 12.5. The van der Waals surface area contributed by atoms with E-state index in [4.69, 9.17) is 0 Å². The molecule has 0 amide bonds. The molecule has 1 heteroatoms. The summed E-state index contributed by atoms with van der Waals surface area (Å²) in [5.41, 5.74) is 6.45. The average Bonchev–Trinajstić information content (AvgIpc) is 2.53. The summed E-state index contributed by atoms with van der Waals surface area (Å²) in [4.78, 5) is 3.38. The van der Waals surface area contributed by atoms with Gasteiger partial charge < -0.3 is 0 Å². The number of hydrogen-bond acceptors (Lipinski definition) is 0. The Morgan fingerprint density at radius 3 is 1.80 bits per heavy atom. The second-order valence-corrected chi connectivity index (χ2v) is 7.25. The van der Waals surface area contributed by atoms with Crippen LogP contribution in [0.2, 0.25) is 0 Å². The van der Waals surface area contributed by atoms with Crippen molar-refractivity contribution in [3.8, 4) is 11.1 Å². The van der Waals surface area contributed by atoms with Crippen molar-refractivity contribution < 1.29 is 0 Å². The topological polar surface area (TPSA) is 0 Å². The Labute approximate surface area is 125 Å². The zero-order valence-electron chi connectivity index (χ0n) is 12.0. The summed E-state index contributed by atoms with van der Waals surface area (Å²) in [6, 6.07) is 11.1. The van der Waals surface area contributed by atoms with E-state index in [1.807, 2.05) is 0 Å². The van der Waals surface area contributed by atoms with E-state index in [0.717, 1.165) is 0 Å². The molecule has 0 saturated carbocycles. The van der Waals surface area contributed by atoms with Gasteiger partial charge in [-0.15, -0.1) is 0 Å². The second kappa shape index (κ2) is 5.29. The van der Waals surface area contributed by atoms with Crippen molar-refractivity contribution in [1.82, 2.24) is 0 Å². The lowest BCUT2D eigenvalue weighted by Gasteiger charge is -2.20. The number of benzene rings is 1. The van der Waals surface area contributed by atoms with Crippen LogP contribution in [0.15, 0.2) is 30.3 Å². The smallest absolute Gasteiger partial charge is 0.0622 e. The first-order valence-corrected chi connectivity index (χ1v) is 8.80. The molecule has 2 aliphatic carbocycles. The molecule has 102 valence electrons. The third-order valence-corrected chi connectivity index (χ3v) is 6.14. The standard InChI is InChI=1S/C19H21S/c1-2-8-14(9-3-1)19-15-10-4-6-12-17(15)20-18-13-7-5-11-16(18)19/h1-3,8-9H,4-7,10-13H2/q+1. The van der Waals surface area contributed by atoms with Crippen molar-refractivity contribution in [1.29, 1.82) is 0 Å². The van der Waals surface area contributed by atoms with E-state index >= 15 is 0 Å². The molecule has 0 atom stereocenters. The minimum atomic E-state index is 1.29. The Kier molecular flexibility index (Phi) is 3.31. The van der Waals surface area contributed by atoms with Gasteiger partial charge in [-0.2, -0.15) is 0 Å². The molecular weight excluding hydrogens is 260 g/mol. The molecule has 0 saturated heterocycles. The molecule has 2 aromatic rings. The van der Waals surface area contributed by atoms with Crippen LogP contribution in [0.5, 0.6) is 0 Å². The summed E-state index contributed by atoms with van der Waals surface area (Å²) in [5, 5.41) is 0. The van der Waals surface area contributed by atoms with Crippen LogP contribution >= 0.6 is 11.3 Å². The zero-order valence-corrected chi connectivity index (χ0v) is 12.8. The molecule has 1 heterocycles. The highest BCUT2D eigenvalue weighted by atomic mass is 32.1. The molecule has 0 nitrogen and oxygen atoms in total. The van der Waals surface area contributed by atoms with Gasteiger partial charge in [0.1, 0.15) is 0 Å². The molecule has 4 rings (SSSR count). The van der Waals surface area contributed by atoms with Gasteiger partial charge in [-0.1, -0.05) is 30.3 Å². The van der Waals surface area contributed by atoms with E-state index in [1.54, 1.807) is 26.4 Å².